The Morgan fingerprint density at radius 3 is 2.77 bits per heavy atom. The third-order valence-electron chi connectivity index (χ3n) is 4.51. The molecule has 22 heavy (non-hydrogen) atoms. The molecule has 1 aromatic rings. The molecular weight excluding hydrogens is 280 g/mol. The number of nitrogens with one attached hydrogen (secondary N) is 1. The minimum Gasteiger partial charge on any atom is -0.393 e. The topological polar surface area (TPSA) is 70.4 Å². The Hall–Kier alpha value is -1.40. The van der Waals surface area contributed by atoms with E-state index in [1.165, 1.54) is 0 Å². The third-order valence-corrected chi connectivity index (χ3v) is 4.51. The Balaban J connectivity index is 1.98. The molecule has 2 heterocycles. The van der Waals surface area contributed by atoms with Gasteiger partial charge < -0.3 is 10.4 Å². The summed E-state index contributed by atoms with van der Waals surface area (Å²) < 4.78 is 1.80. The number of nitrogens with zero attached hydrogens (tertiary/aromatic N) is 3. The van der Waals surface area contributed by atoms with Crippen LogP contribution in [0.15, 0.2) is 12.3 Å². The van der Waals surface area contributed by atoms with Crippen molar-refractivity contribution in [3.8, 4) is 0 Å². The Bertz CT molecular complexity index is 498. The SMILES string of the molecule is CC(O)C1CCCN(C(C)C(=O)Nc2ccnn2C(C)C)C1. The van der Waals surface area contributed by atoms with Gasteiger partial charge in [0.05, 0.1) is 18.3 Å². The summed E-state index contributed by atoms with van der Waals surface area (Å²) in [6.45, 7) is 9.50. The number of amides is 1. The monoisotopic (exact) mass is 308 g/mol. The van der Waals surface area contributed by atoms with Crippen LogP contribution in [0.3, 0.4) is 0 Å². The molecule has 3 unspecified atom stereocenters. The summed E-state index contributed by atoms with van der Waals surface area (Å²) >= 11 is 0. The number of anilines is 1. The summed E-state index contributed by atoms with van der Waals surface area (Å²) in [7, 11) is 0. The van der Waals surface area contributed by atoms with E-state index in [-0.39, 0.29) is 30.0 Å². The van der Waals surface area contributed by atoms with Crippen LogP contribution in [0.25, 0.3) is 0 Å². The van der Waals surface area contributed by atoms with Crippen molar-refractivity contribution in [3.05, 3.63) is 12.3 Å². The van der Waals surface area contributed by atoms with Crippen LogP contribution in [0.4, 0.5) is 5.82 Å². The van der Waals surface area contributed by atoms with Gasteiger partial charge >= 0.3 is 0 Å². The maximum Gasteiger partial charge on any atom is 0.242 e. The normalized spacial score (nSPS) is 22.5. The molecule has 0 aliphatic carbocycles. The summed E-state index contributed by atoms with van der Waals surface area (Å²) in [5.41, 5.74) is 0. The van der Waals surface area contributed by atoms with Crippen molar-refractivity contribution >= 4 is 11.7 Å². The van der Waals surface area contributed by atoms with Gasteiger partial charge in [-0.1, -0.05) is 0 Å². The fourth-order valence-electron chi connectivity index (χ4n) is 3.01. The van der Waals surface area contributed by atoms with Gasteiger partial charge in [-0.15, -0.1) is 0 Å². The zero-order valence-corrected chi connectivity index (χ0v) is 14.0. The fourth-order valence-corrected chi connectivity index (χ4v) is 3.01. The molecule has 0 saturated carbocycles. The second-order valence-electron chi connectivity index (χ2n) is 6.56. The molecule has 0 aromatic carbocycles. The molecule has 2 N–H and O–H groups in total. The number of aliphatic hydroxyl groups excluding tert-OH is 1. The quantitative estimate of drug-likeness (QED) is 0.871. The highest BCUT2D eigenvalue weighted by Crippen LogP contribution is 2.22. The zero-order chi connectivity index (χ0) is 16.3. The average Bonchev–Trinajstić information content (AvgIpc) is 2.94. The van der Waals surface area contributed by atoms with E-state index in [4.69, 9.17) is 0 Å². The molecule has 1 saturated heterocycles. The van der Waals surface area contributed by atoms with E-state index >= 15 is 0 Å². The van der Waals surface area contributed by atoms with E-state index in [2.05, 4.69) is 15.3 Å². The number of aliphatic hydroxyl groups is 1. The van der Waals surface area contributed by atoms with E-state index in [1.54, 1.807) is 10.9 Å². The van der Waals surface area contributed by atoms with Crippen molar-refractivity contribution in [1.82, 2.24) is 14.7 Å². The molecule has 1 amide bonds. The van der Waals surface area contributed by atoms with E-state index < -0.39 is 0 Å². The highest BCUT2D eigenvalue weighted by atomic mass is 16.3. The molecule has 1 aromatic heterocycles. The smallest absolute Gasteiger partial charge is 0.242 e. The number of hydrogen-bond acceptors (Lipinski definition) is 4. The van der Waals surface area contributed by atoms with E-state index in [0.29, 0.717) is 0 Å². The number of piperidine rings is 1. The van der Waals surface area contributed by atoms with Crippen LogP contribution in [0.5, 0.6) is 0 Å². The summed E-state index contributed by atoms with van der Waals surface area (Å²) in [6, 6.07) is 1.81. The Labute approximate surface area is 132 Å². The molecule has 0 bridgehead atoms. The van der Waals surface area contributed by atoms with Gasteiger partial charge in [-0.2, -0.15) is 5.10 Å². The molecule has 1 fully saturated rings. The summed E-state index contributed by atoms with van der Waals surface area (Å²) in [4.78, 5) is 14.7. The lowest BCUT2D eigenvalue weighted by Gasteiger charge is -2.37. The van der Waals surface area contributed by atoms with Gasteiger partial charge in [0.1, 0.15) is 5.82 Å². The summed E-state index contributed by atoms with van der Waals surface area (Å²) in [5.74, 6) is 0.967. The first-order valence-electron chi connectivity index (χ1n) is 8.16. The van der Waals surface area contributed by atoms with Crippen molar-refractivity contribution in [3.63, 3.8) is 0 Å². The number of carbonyl (C=O) groups excluding carboxylic acids is 1. The van der Waals surface area contributed by atoms with Gasteiger partial charge in [0.15, 0.2) is 0 Å². The molecular formula is C16H28N4O2. The predicted molar refractivity (Wildman–Crippen MR) is 86.7 cm³/mol. The minimum atomic E-state index is -0.319. The first kappa shape index (κ1) is 17.0. The lowest BCUT2D eigenvalue weighted by atomic mass is 9.92. The fraction of sp³-hybridized carbons (Fsp3) is 0.750. The van der Waals surface area contributed by atoms with Crippen LogP contribution < -0.4 is 5.32 Å². The van der Waals surface area contributed by atoms with Crippen molar-refractivity contribution in [2.24, 2.45) is 5.92 Å². The largest absolute Gasteiger partial charge is 0.393 e. The van der Waals surface area contributed by atoms with Crippen molar-refractivity contribution in [2.75, 3.05) is 18.4 Å². The highest BCUT2D eigenvalue weighted by Gasteiger charge is 2.29. The zero-order valence-electron chi connectivity index (χ0n) is 14.0. The molecule has 6 heteroatoms. The molecule has 124 valence electrons. The lowest BCUT2D eigenvalue weighted by molar-refractivity contribution is -0.121. The van der Waals surface area contributed by atoms with E-state index in [0.717, 1.165) is 31.7 Å². The molecule has 3 atom stereocenters. The van der Waals surface area contributed by atoms with Gasteiger partial charge in [0, 0.05) is 18.7 Å². The van der Waals surface area contributed by atoms with Gasteiger partial charge in [-0.05, 0) is 53.0 Å². The number of likely N-dealkylation sites (tertiary alicyclic amines) is 1. The van der Waals surface area contributed by atoms with Crippen molar-refractivity contribution in [2.45, 2.75) is 58.7 Å². The van der Waals surface area contributed by atoms with Crippen molar-refractivity contribution < 1.29 is 9.90 Å². The Kier molecular flexibility index (Phi) is 5.58. The maximum atomic E-state index is 12.5. The van der Waals surface area contributed by atoms with Gasteiger partial charge in [0.25, 0.3) is 0 Å². The van der Waals surface area contributed by atoms with Crippen LogP contribution in [-0.2, 0) is 4.79 Å². The Morgan fingerprint density at radius 1 is 1.41 bits per heavy atom. The molecule has 1 aliphatic rings. The van der Waals surface area contributed by atoms with Crippen LogP contribution in [0.2, 0.25) is 0 Å². The van der Waals surface area contributed by atoms with Crippen LogP contribution in [0.1, 0.15) is 46.6 Å². The van der Waals surface area contributed by atoms with Gasteiger partial charge in [0.2, 0.25) is 5.91 Å². The summed E-state index contributed by atoms with van der Waals surface area (Å²) in [6.07, 6.45) is 3.44. The molecule has 2 rings (SSSR count). The first-order valence-corrected chi connectivity index (χ1v) is 8.16. The van der Waals surface area contributed by atoms with E-state index in [9.17, 15) is 9.90 Å². The van der Waals surface area contributed by atoms with Crippen LogP contribution >= 0.6 is 0 Å². The maximum absolute atomic E-state index is 12.5. The second-order valence-corrected chi connectivity index (χ2v) is 6.56. The minimum absolute atomic E-state index is 0.0198. The van der Waals surface area contributed by atoms with E-state index in [1.807, 2.05) is 33.8 Å². The standard InChI is InChI=1S/C16H28N4O2/c1-11(2)20-15(7-8-17-20)18-16(22)12(3)19-9-5-6-14(10-19)13(4)21/h7-8,11-14,21H,5-6,9-10H2,1-4H3,(H,18,22). The molecule has 6 nitrogen and oxygen atoms in total. The molecule has 1 aliphatic heterocycles. The highest BCUT2D eigenvalue weighted by molar-refractivity contribution is 5.93. The number of aromatic nitrogens is 2. The van der Waals surface area contributed by atoms with Crippen LogP contribution in [0, 0.1) is 5.92 Å². The van der Waals surface area contributed by atoms with Crippen LogP contribution in [-0.4, -0.2) is 50.9 Å². The van der Waals surface area contributed by atoms with Crippen molar-refractivity contribution in [1.29, 1.82) is 0 Å². The summed E-state index contributed by atoms with van der Waals surface area (Å²) in [5, 5.41) is 17.0. The first-order chi connectivity index (χ1) is 10.4. The number of rotatable bonds is 5. The second kappa shape index (κ2) is 7.24. The predicted octanol–water partition coefficient (Wildman–Crippen LogP) is 1.88. The molecule has 0 spiro atoms. The van der Waals surface area contributed by atoms with Gasteiger partial charge in [-0.3, -0.25) is 9.69 Å². The Morgan fingerprint density at radius 2 is 2.14 bits per heavy atom. The van der Waals surface area contributed by atoms with Gasteiger partial charge in [-0.25, -0.2) is 4.68 Å². The molecule has 0 radical (unpaired) electrons. The average molecular weight is 308 g/mol. The number of hydrogen-bond donors (Lipinski definition) is 2. The third kappa shape index (κ3) is 3.87. The number of carbonyl (C=O) groups is 1. The lowest BCUT2D eigenvalue weighted by Crippen LogP contribution is -2.48.